The van der Waals surface area contributed by atoms with Crippen LogP contribution in [0.2, 0.25) is 0 Å². The largest absolute Gasteiger partial charge is 0.480 e. The molecule has 0 saturated heterocycles. The second-order valence-corrected chi connectivity index (χ2v) is 6.05. The molecule has 1 rings (SSSR count). The Morgan fingerprint density at radius 3 is 2.65 bits per heavy atom. The van der Waals surface area contributed by atoms with Crippen molar-refractivity contribution in [2.45, 2.75) is 6.54 Å². The van der Waals surface area contributed by atoms with E-state index in [1.54, 1.807) is 11.3 Å². The summed E-state index contributed by atoms with van der Waals surface area (Å²) in [7, 11) is 3.97. The molecule has 0 atom stereocenters. The Hall–Kier alpha value is -0.430. The average molecular weight is 321 g/mol. The van der Waals surface area contributed by atoms with E-state index in [-0.39, 0.29) is 6.54 Å². The van der Waals surface area contributed by atoms with Crippen molar-refractivity contribution >= 4 is 33.2 Å². The zero-order valence-corrected chi connectivity index (χ0v) is 12.4. The minimum absolute atomic E-state index is 0.0867. The van der Waals surface area contributed by atoms with Crippen LogP contribution in [0.15, 0.2) is 15.9 Å². The predicted octanol–water partition coefficient (Wildman–Crippen LogP) is 1.96. The van der Waals surface area contributed by atoms with Crippen LogP contribution in [0.25, 0.3) is 0 Å². The number of carboxylic acids is 1. The number of halogens is 1. The van der Waals surface area contributed by atoms with E-state index in [9.17, 15) is 4.79 Å². The van der Waals surface area contributed by atoms with Gasteiger partial charge in [0.15, 0.2) is 0 Å². The summed E-state index contributed by atoms with van der Waals surface area (Å²) >= 11 is 5.05. The van der Waals surface area contributed by atoms with Crippen LogP contribution in [0.3, 0.4) is 0 Å². The van der Waals surface area contributed by atoms with Crippen molar-refractivity contribution in [3.63, 3.8) is 0 Å². The number of carbonyl (C=O) groups is 1. The SMILES string of the molecule is CN(C)CCN(CC(=O)O)Cc1cc(Br)cs1. The molecule has 1 aromatic heterocycles. The Kier molecular flexibility index (Phi) is 6.11. The van der Waals surface area contributed by atoms with E-state index in [0.29, 0.717) is 6.54 Å². The summed E-state index contributed by atoms with van der Waals surface area (Å²) in [6, 6.07) is 2.04. The number of carboxylic acid groups (broad SMARTS) is 1. The first kappa shape index (κ1) is 14.6. The topological polar surface area (TPSA) is 43.8 Å². The molecular weight excluding hydrogens is 304 g/mol. The molecule has 17 heavy (non-hydrogen) atoms. The van der Waals surface area contributed by atoms with Gasteiger partial charge < -0.3 is 10.0 Å². The molecule has 0 unspecified atom stereocenters. The molecule has 1 heterocycles. The molecule has 6 heteroatoms. The van der Waals surface area contributed by atoms with Crippen molar-refractivity contribution in [2.75, 3.05) is 33.7 Å². The maximum Gasteiger partial charge on any atom is 0.317 e. The third-order valence-corrected chi connectivity index (χ3v) is 3.91. The fourth-order valence-corrected chi connectivity index (χ4v) is 2.90. The first-order chi connectivity index (χ1) is 7.97. The van der Waals surface area contributed by atoms with Gasteiger partial charge in [-0.15, -0.1) is 11.3 Å². The van der Waals surface area contributed by atoms with Crippen molar-refractivity contribution < 1.29 is 9.90 Å². The summed E-state index contributed by atoms with van der Waals surface area (Å²) in [5, 5.41) is 10.9. The second-order valence-electron chi connectivity index (χ2n) is 4.14. The van der Waals surface area contributed by atoms with Crippen LogP contribution in [0.5, 0.6) is 0 Å². The van der Waals surface area contributed by atoms with E-state index in [2.05, 4.69) is 20.8 Å². The minimum Gasteiger partial charge on any atom is -0.480 e. The number of thiophene rings is 1. The van der Waals surface area contributed by atoms with Gasteiger partial charge in [-0.05, 0) is 36.1 Å². The van der Waals surface area contributed by atoms with Gasteiger partial charge in [0.25, 0.3) is 0 Å². The van der Waals surface area contributed by atoms with Crippen molar-refractivity contribution in [3.8, 4) is 0 Å². The second kappa shape index (κ2) is 7.10. The third kappa shape index (κ3) is 6.16. The molecule has 1 N–H and O–H groups in total. The molecule has 96 valence electrons. The van der Waals surface area contributed by atoms with Gasteiger partial charge in [0.05, 0.1) is 6.54 Å². The molecule has 0 aromatic carbocycles. The Bertz CT molecular complexity index is 368. The lowest BCUT2D eigenvalue weighted by Gasteiger charge is -2.21. The van der Waals surface area contributed by atoms with E-state index in [1.165, 1.54) is 4.88 Å². The first-order valence-electron chi connectivity index (χ1n) is 5.29. The molecule has 1 aromatic rings. The molecule has 0 amide bonds. The van der Waals surface area contributed by atoms with Crippen LogP contribution in [-0.4, -0.2) is 54.6 Å². The monoisotopic (exact) mass is 320 g/mol. The molecule has 4 nitrogen and oxygen atoms in total. The van der Waals surface area contributed by atoms with E-state index in [0.717, 1.165) is 17.6 Å². The van der Waals surface area contributed by atoms with Crippen LogP contribution in [-0.2, 0) is 11.3 Å². The molecule has 0 spiro atoms. The fourth-order valence-electron chi connectivity index (χ4n) is 1.40. The van der Waals surface area contributed by atoms with E-state index in [1.807, 2.05) is 30.4 Å². The zero-order valence-electron chi connectivity index (χ0n) is 10.0. The maximum atomic E-state index is 10.8. The van der Waals surface area contributed by atoms with Crippen molar-refractivity contribution in [1.82, 2.24) is 9.80 Å². The van der Waals surface area contributed by atoms with Gasteiger partial charge in [0.2, 0.25) is 0 Å². The number of hydrogen-bond acceptors (Lipinski definition) is 4. The number of likely N-dealkylation sites (N-methyl/N-ethyl adjacent to an activating group) is 1. The summed E-state index contributed by atoms with van der Waals surface area (Å²) in [4.78, 5) is 16.0. The fraction of sp³-hybridized carbons (Fsp3) is 0.545. The molecule has 0 fully saturated rings. The van der Waals surface area contributed by atoms with Gasteiger partial charge in [0.1, 0.15) is 0 Å². The average Bonchev–Trinajstić information content (AvgIpc) is 2.59. The summed E-state index contributed by atoms with van der Waals surface area (Å²) in [5.41, 5.74) is 0. The highest BCUT2D eigenvalue weighted by molar-refractivity contribution is 9.10. The van der Waals surface area contributed by atoms with Crippen LogP contribution in [0.1, 0.15) is 4.88 Å². The van der Waals surface area contributed by atoms with Crippen LogP contribution in [0, 0.1) is 0 Å². The molecule has 0 aliphatic heterocycles. The molecular formula is C11H17BrN2O2S. The molecule has 0 aliphatic rings. The van der Waals surface area contributed by atoms with E-state index in [4.69, 9.17) is 5.11 Å². The standard InChI is InChI=1S/C11H17BrN2O2S/c1-13(2)3-4-14(7-11(15)16)6-10-5-9(12)8-17-10/h5,8H,3-4,6-7H2,1-2H3,(H,15,16). The highest BCUT2D eigenvalue weighted by Crippen LogP contribution is 2.21. The van der Waals surface area contributed by atoms with Crippen molar-refractivity contribution in [2.24, 2.45) is 0 Å². The van der Waals surface area contributed by atoms with Crippen LogP contribution < -0.4 is 0 Å². The Labute approximate surface area is 114 Å². The van der Waals surface area contributed by atoms with Gasteiger partial charge in [-0.1, -0.05) is 0 Å². The maximum absolute atomic E-state index is 10.8. The third-order valence-electron chi connectivity index (χ3n) is 2.22. The Morgan fingerprint density at radius 1 is 1.47 bits per heavy atom. The Morgan fingerprint density at radius 2 is 2.18 bits per heavy atom. The molecule has 0 saturated carbocycles. The lowest BCUT2D eigenvalue weighted by Crippen LogP contribution is -2.34. The highest BCUT2D eigenvalue weighted by Gasteiger charge is 2.11. The molecule has 0 aliphatic carbocycles. The quantitative estimate of drug-likeness (QED) is 0.834. The Balaban J connectivity index is 2.53. The summed E-state index contributed by atoms with van der Waals surface area (Å²) < 4.78 is 1.06. The molecule has 0 bridgehead atoms. The lowest BCUT2D eigenvalue weighted by atomic mass is 10.4. The number of nitrogens with zero attached hydrogens (tertiary/aromatic N) is 2. The van der Waals surface area contributed by atoms with Gasteiger partial charge in [0, 0.05) is 34.4 Å². The summed E-state index contributed by atoms with van der Waals surface area (Å²) in [5.74, 6) is -0.778. The molecule has 0 radical (unpaired) electrons. The number of rotatable bonds is 7. The van der Waals surface area contributed by atoms with Crippen LogP contribution >= 0.6 is 27.3 Å². The lowest BCUT2D eigenvalue weighted by molar-refractivity contribution is -0.138. The number of hydrogen-bond donors (Lipinski definition) is 1. The highest BCUT2D eigenvalue weighted by atomic mass is 79.9. The summed E-state index contributed by atoms with van der Waals surface area (Å²) in [6.45, 7) is 2.40. The normalized spacial score (nSPS) is 11.4. The van der Waals surface area contributed by atoms with Gasteiger partial charge in [-0.2, -0.15) is 0 Å². The smallest absolute Gasteiger partial charge is 0.317 e. The van der Waals surface area contributed by atoms with Crippen molar-refractivity contribution in [3.05, 3.63) is 20.8 Å². The van der Waals surface area contributed by atoms with Gasteiger partial charge in [-0.3, -0.25) is 9.69 Å². The summed E-state index contributed by atoms with van der Waals surface area (Å²) in [6.07, 6.45) is 0. The predicted molar refractivity (Wildman–Crippen MR) is 73.5 cm³/mol. The zero-order chi connectivity index (χ0) is 12.8. The number of aliphatic carboxylic acids is 1. The van der Waals surface area contributed by atoms with Gasteiger partial charge >= 0.3 is 5.97 Å². The van der Waals surface area contributed by atoms with Crippen LogP contribution in [0.4, 0.5) is 0 Å². The van der Waals surface area contributed by atoms with Crippen molar-refractivity contribution in [1.29, 1.82) is 0 Å². The van der Waals surface area contributed by atoms with E-state index >= 15 is 0 Å². The van der Waals surface area contributed by atoms with Gasteiger partial charge in [-0.25, -0.2) is 0 Å². The minimum atomic E-state index is -0.778. The van der Waals surface area contributed by atoms with E-state index < -0.39 is 5.97 Å². The first-order valence-corrected chi connectivity index (χ1v) is 6.96.